The van der Waals surface area contributed by atoms with Gasteiger partial charge in [-0.2, -0.15) is 15.3 Å². The van der Waals surface area contributed by atoms with Crippen LogP contribution in [0.25, 0.3) is 10.9 Å². The van der Waals surface area contributed by atoms with E-state index in [1.165, 1.54) is 5.56 Å². The molecule has 1 unspecified atom stereocenters. The van der Waals surface area contributed by atoms with Crippen LogP contribution < -0.4 is 9.47 Å². The normalized spacial score (nSPS) is 16.9. The van der Waals surface area contributed by atoms with Crippen LogP contribution in [0.1, 0.15) is 42.3 Å². The molecule has 0 amide bonds. The molecule has 0 aliphatic carbocycles. The molecule has 8 heteroatoms. The first-order valence-corrected chi connectivity index (χ1v) is 10.9. The van der Waals surface area contributed by atoms with Crippen molar-refractivity contribution in [3.05, 3.63) is 38.9 Å². The highest BCUT2D eigenvalue weighted by atomic mass is 127. The van der Waals surface area contributed by atoms with E-state index in [9.17, 15) is 0 Å². The monoisotopic (exact) mass is 508 g/mol. The number of rotatable bonds is 6. The van der Waals surface area contributed by atoms with Crippen LogP contribution >= 0.6 is 22.6 Å². The van der Waals surface area contributed by atoms with E-state index in [4.69, 9.17) is 19.3 Å². The van der Waals surface area contributed by atoms with Gasteiger partial charge in [-0.15, -0.1) is 0 Å². The van der Waals surface area contributed by atoms with Crippen molar-refractivity contribution in [2.24, 2.45) is 0 Å². The van der Waals surface area contributed by atoms with Gasteiger partial charge in [0.1, 0.15) is 3.70 Å². The highest BCUT2D eigenvalue weighted by Crippen LogP contribution is 2.40. The van der Waals surface area contributed by atoms with Crippen LogP contribution in [0.3, 0.4) is 0 Å². The molecular weight excluding hydrogens is 483 g/mol. The lowest BCUT2D eigenvalue weighted by molar-refractivity contribution is -0.0368. The summed E-state index contributed by atoms with van der Waals surface area (Å²) in [6.07, 6.45) is 5.78. The summed E-state index contributed by atoms with van der Waals surface area (Å²) in [5.41, 5.74) is 4.26. The maximum absolute atomic E-state index is 6.12. The van der Waals surface area contributed by atoms with Gasteiger partial charge in [-0.1, -0.05) is 0 Å². The van der Waals surface area contributed by atoms with E-state index in [2.05, 4.69) is 32.8 Å². The van der Waals surface area contributed by atoms with Crippen LogP contribution in [-0.4, -0.2) is 40.3 Å². The quantitative estimate of drug-likeness (QED) is 0.461. The Kier molecular flexibility index (Phi) is 6.19. The van der Waals surface area contributed by atoms with Gasteiger partial charge in [0.25, 0.3) is 0 Å². The first-order chi connectivity index (χ1) is 14.1. The standard InChI is InChI=1S/C21H25IN4O3/c1-13-12-23-24-14(2)15(13)9-11-28-17-8-7-16-19(20(17)27-3)21(22)25-26(16)18-6-4-5-10-29-18/h7-8,12,18H,4-6,9-11H2,1-3H3. The van der Waals surface area contributed by atoms with Crippen molar-refractivity contribution < 1.29 is 14.2 Å². The Balaban J connectivity index is 1.59. The third-order valence-corrected chi connectivity index (χ3v) is 6.12. The minimum Gasteiger partial charge on any atom is -0.492 e. The summed E-state index contributed by atoms with van der Waals surface area (Å²) in [6.45, 7) is 5.34. The number of halogens is 1. The van der Waals surface area contributed by atoms with Gasteiger partial charge < -0.3 is 14.2 Å². The van der Waals surface area contributed by atoms with E-state index in [0.717, 1.165) is 69.7 Å². The molecule has 4 rings (SSSR count). The fourth-order valence-corrected chi connectivity index (χ4v) is 4.61. The molecule has 3 aromatic rings. The Morgan fingerprint density at radius 2 is 2.14 bits per heavy atom. The second-order valence-electron chi connectivity index (χ2n) is 7.24. The largest absolute Gasteiger partial charge is 0.492 e. The molecule has 1 aliphatic rings. The third kappa shape index (κ3) is 4.05. The molecule has 0 spiro atoms. The summed E-state index contributed by atoms with van der Waals surface area (Å²) >= 11 is 2.26. The molecule has 1 fully saturated rings. The van der Waals surface area contributed by atoms with E-state index in [0.29, 0.717) is 6.61 Å². The van der Waals surface area contributed by atoms with Crippen molar-refractivity contribution in [3.8, 4) is 11.5 Å². The Morgan fingerprint density at radius 1 is 1.28 bits per heavy atom. The maximum atomic E-state index is 6.12. The Hall–Kier alpha value is -1.94. The predicted molar refractivity (Wildman–Crippen MR) is 119 cm³/mol. The molecule has 1 saturated heterocycles. The summed E-state index contributed by atoms with van der Waals surface area (Å²) in [5.74, 6) is 1.44. The van der Waals surface area contributed by atoms with Crippen molar-refractivity contribution in [1.82, 2.24) is 20.0 Å². The highest BCUT2D eigenvalue weighted by molar-refractivity contribution is 14.1. The van der Waals surface area contributed by atoms with Crippen LogP contribution in [0.2, 0.25) is 0 Å². The molecule has 0 bridgehead atoms. The van der Waals surface area contributed by atoms with Crippen LogP contribution in [0.4, 0.5) is 0 Å². The first kappa shape index (κ1) is 20.3. The highest BCUT2D eigenvalue weighted by Gasteiger charge is 2.24. The van der Waals surface area contributed by atoms with Crippen LogP contribution in [0, 0.1) is 17.5 Å². The molecule has 0 saturated carbocycles. The lowest BCUT2D eigenvalue weighted by atomic mass is 10.1. The first-order valence-electron chi connectivity index (χ1n) is 9.87. The van der Waals surface area contributed by atoms with E-state index in [1.807, 2.05) is 30.7 Å². The summed E-state index contributed by atoms with van der Waals surface area (Å²) in [5, 5.41) is 13.8. The van der Waals surface area contributed by atoms with Gasteiger partial charge in [-0.25, -0.2) is 4.68 Å². The molecule has 1 aliphatic heterocycles. The molecular formula is C21H25IN4O3. The van der Waals surface area contributed by atoms with Crippen LogP contribution in [0.5, 0.6) is 11.5 Å². The molecule has 0 radical (unpaired) electrons. The fourth-order valence-electron chi connectivity index (χ4n) is 3.86. The summed E-state index contributed by atoms with van der Waals surface area (Å²) in [4.78, 5) is 0. The number of hydrogen-bond acceptors (Lipinski definition) is 6. The molecule has 7 nitrogen and oxygen atoms in total. The molecule has 1 aromatic carbocycles. The number of nitrogens with zero attached hydrogens (tertiary/aromatic N) is 4. The maximum Gasteiger partial charge on any atom is 0.172 e. The number of benzene rings is 1. The number of ether oxygens (including phenoxy) is 3. The van der Waals surface area contributed by atoms with Gasteiger partial charge in [0.15, 0.2) is 17.7 Å². The number of fused-ring (bicyclic) bond motifs is 1. The van der Waals surface area contributed by atoms with Crippen molar-refractivity contribution in [2.75, 3.05) is 20.3 Å². The zero-order valence-corrected chi connectivity index (χ0v) is 19.1. The summed E-state index contributed by atoms with van der Waals surface area (Å²) in [6, 6.07) is 4.01. The number of hydrogen-bond donors (Lipinski definition) is 0. The SMILES string of the molecule is COc1c(OCCc2c(C)cnnc2C)ccc2c1c(I)nn2C1CCCCO1. The minimum atomic E-state index is -0.0172. The molecule has 2 aromatic heterocycles. The van der Waals surface area contributed by atoms with Gasteiger partial charge in [0.2, 0.25) is 0 Å². The second kappa shape index (κ2) is 8.83. The average molecular weight is 508 g/mol. The Bertz CT molecular complexity index is 995. The van der Waals surface area contributed by atoms with Gasteiger partial charge in [0, 0.05) is 13.0 Å². The van der Waals surface area contributed by atoms with Gasteiger partial charge in [-0.3, -0.25) is 0 Å². The molecule has 154 valence electrons. The van der Waals surface area contributed by atoms with Gasteiger partial charge in [0.05, 0.1) is 36.5 Å². The Morgan fingerprint density at radius 3 is 2.86 bits per heavy atom. The second-order valence-corrected chi connectivity index (χ2v) is 8.26. The number of aromatic nitrogens is 4. The van der Waals surface area contributed by atoms with Gasteiger partial charge in [-0.05, 0) is 79.0 Å². The molecule has 29 heavy (non-hydrogen) atoms. The van der Waals surface area contributed by atoms with Gasteiger partial charge >= 0.3 is 0 Å². The summed E-state index contributed by atoms with van der Waals surface area (Å²) in [7, 11) is 1.67. The van der Waals surface area contributed by atoms with Crippen molar-refractivity contribution in [1.29, 1.82) is 0 Å². The predicted octanol–water partition coefficient (Wildman–Crippen LogP) is 4.38. The van der Waals surface area contributed by atoms with E-state index < -0.39 is 0 Å². The van der Waals surface area contributed by atoms with Crippen LogP contribution in [0.15, 0.2) is 18.3 Å². The van der Waals surface area contributed by atoms with Crippen molar-refractivity contribution >= 4 is 33.5 Å². The minimum absolute atomic E-state index is 0.0172. The molecule has 1 atom stereocenters. The zero-order valence-electron chi connectivity index (χ0n) is 16.9. The van der Waals surface area contributed by atoms with Crippen molar-refractivity contribution in [2.45, 2.75) is 45.8 Å². The van der Waals surface area contributed by atoms with Crippen LogP contribution in [-0.2, 0) is 11.2 Å². The number of aryl methyl sites for hydroxylation is 2. The van der Waals surface area contributed by atoms with E-state index in [1.54, 1.807) is 13.3 Å². The van der Waals surface area contributed by atoms with Crippen molar-refractivity contribution in [3.63, 3.8) is 0 Å². The zero-order chi connectivity index (χ0) is 20.4. The Labute approximate surface area is 183 Å². The average Bonchev–Trinajstić information content (AvgIpc) is 3.07. The topological polar surface area (TPSA) is 71.3 Å². The molecule has 3 heterocycles. The molecule has 0 N–H and O–H groups in total. The lowest BCUT2D eigenvalue weighted by Gasteiger charge is -2.23. The third-order valence-electron chi connectivity index (χ3n) is 5.36. The smallest absolute Gasteiger partial charge is 0.172 e. The lowest BCUT2D eigenvalue weighted by Crippen LogP contribution is -2.19. The fraction of sp³-hybridized carbons (Fsp3) is 0.476. The van der Waals surface area contributed by atoms with E-state index >= 15 is 0 Å². The number of methoxy groups -OCH3 is 1. The van der Waals surface area contributed by atoms with E-state index in [-0.39, 0.29) is 6.23 Å². The summed E-state index contributed by atoms with van der Waals surface area (Å²) < 4.78 is 20.7.